The highest BCUT2D eigenvalue weighted by atomic mass is 14.3. The minimum Gasteiger partial charge on any atom is -0.0654 e. The molecule has 0 aromatic heterocycles. The summed E-state index contributed by atoms with van der Waals surface area (Å²) in [6.45, 7) is 12.2. The summed E-state index contributed by atoms with van der Waals surface area (Å²) < 4.78 is 0. The van der Waals surface area contributed by atoms with Gasteiger partial charge in [0.25, 0.3) is 0 Å². The number of hydrogen-bond donors (Lipinski definition) is 0. The quantitative estimate of drug-likeness (QED) is 0.286. The lowest BCUT2D eigenvalue weighted by Gasteiger charge is -2.31. The molecule has 3 atom stereocenters. The summed E-state index contributed by atoms with van der Waals surface area (Å²) in [7, 11) is 0. The molecular formula is C22H44. The van der Waals surface area contributed by atoms with Crippen molar-refractivity contribution in [2.75, 3.05) is 0 Å². The molecule has 1 aliphatic rings. The van der Waals surface area contributed by atoms with E-state index in [-0.39, 0.29) is 0 Å². The molecule has 1 fully saturated rings. The molecular weight excluding hydrogens is 264 g/mol. The molecule has 0 heterocycles. The van der Waals surface area contributed by atoms with Gasteiger partial charge < -0.3 is 0 Å². The fourth-order valence-electron chi connectivity index (χ4n) is 4.30. The van der Waals surface area contributed by atoms with Crippen LogP contribution >= 0.6 is 0 Å². The first kappa shape index (κ1) is 20.0. The molecule has 132 valence electrons. The Balaban J connectivity index is 2.43. The zero-order valence-corrected chi connectivity index (χ0v) is 16.4. The van der Waals surface area contributed by atoms with Gasteiger partial charge >= 0.3 is 0 Å². The monoisotopic (exact) mass is 308 g/mol. The molecule has 1 aliphatic carbocycles. The van der Waals surface area contributed by atoms with Gasteiger partial charge in [0.1, 0.15) is 0 Å². The molecule has 0 aromatic carbocycles. The third kappa shape index (κ3) is 8.59. The topological polar surface area (TPSA) is 0 Å². The van der Waals surface area contributed by atoms with Gasteiger partial charge in [-0.2, -0.15) is 0 Å². The summed E-state index contributed by atoms with van der Waals surface area (Å²) in [6, 6.07) is 0. The van der Waals surface area contributed by atoms with Gasteiger partial charge in [0.05, 0.1) is 0 Å². The summed E-state index contributed by atoms with van der Waals surface area (Å²) in [4.78, 5) is 0. The van der Waals surface area contributed by atoms with Crippen molar-refractivity contribution in [3.63, 3.8) is 0 Å². The Bertz CT molecular complexity index is 251. The second-order valence-electron chi connectivity index (χ2n) is 8.66. The Morgan fingerprint density at radius 1 is 0.818 bits per heavy atom. The van der Waals surface area contributed by atoms with Gasteiger partial charge in [-0.05, 0) is 42.4 Å². The standard InChI is InChI=1S/C22H44/c1-6-8-10-11-12-19(5)22(18(3)4)17-21(13-9-7-2)16-20-14-15-20/h18-22H,6-17H2,1-5H3. The van der Waals surface area contributed by atoms with E-state index in [1.54, 1.807) is 6.42 Å². The summed E-state index contributed by atoms with van der Waals surface area (Å²) in [5.74, 6) is 4.89. The molecule has 0 bridgehead atoms. The van der Waals surface area contributed by atoms with Crippen LogP contribution < -0.4 is 0 Å². The SMILES string of the molecule is CCCCCCC(C)C(CC(CCCC)CC1CC1)C(C)C. The van der Waals surface area contributed by atoms with Crippen molar-refractivity contribution in [1.29, 1.82) is 0 Å². The van der Waals surface area contributed by atoms with Gasteiger partial charge in [-0.3, -0.25) is 0 Å². The molecule has 1 saturated carbocycles. The van der Waals surface area contributed by atoms with Crippen LogP contribution in [0, 0.1) is 29.6 Å². The van der Waals surface area contributed by atoms with Crippen molar-refractivity contribution in [2.45, 2.75) is 112 Å². The molecule has 0 aromatic rings. The van der Waals surface area contributed by atoms with E-state index in [4.69, 9.17) is 0 Å². The highest BCUT2D eigenvalue weighted by Crippen LogP contribution is 2.41. The summed E-state index contributed by atoms with van der Waals surface area (Å²) in [5.41, 5.74) is 0. The summed E-state index contributed by atoms with van der Waals surface area (Å²) in [5, 5.41) is 0. The van der Waals surface area contributed by atoms with Crippen LogP contribution in [0.25, 0.3) is 0 Å². The van der Waals surface area contributed by atoms with E-state index in [9.17, 15) is 0 Å². The van der Waals surface area contributed by atoms with Crippen molar-refractivity contribution in [3.05, 3.63) is 0 Å². The number of unbranched alkanes of at least 4 members (excludes halogenated alkanes) is 4. The van der Waals surface area contributed by atoms with Crippen LogP contribution in [0.4, 0.5) is 0 Å². The van der Waals surface area contributed by atoms with Crippen LogP contribution in [-0.4, -0.2) is 0 Å². The molecule has 22 heavy (non-hydrogen) atoms. The molecule has 0 amide bonds. The van der Waals surface area contributed by atoms with E-state index in [2.05, 4.69) is 34.6 Å². The average molecular weight is 309 g/mol. The van der Waals surface area contributed by atoms with E-state index >= 15 is 0 Å². The Morgan fingerprint density at radius 3 is 2.05 bits per heavy atom. The maximum absolute atomic E-state index is 2.55. The van der Waals surface area contributed by atoms with Crippen LogP contribution in [0.1, 0.15) is 112 Å². The Hall–Kier alpha value is 0. The zero-order valence-electron chi connectivity index (χ0n) is 16.4. The molecule has 0 N–H and O–H groups in total. The number of rotatable bonds is 14. The minimum atomic E-state index is 0.865. The van der Waals surface area contributed by atoms with Crippen LogP contribution in [-0.2, 0) is 0 Å². The largest absolute Gasteiger partial charge is 0.0654 e. The second kappa shape index (κ2) is 11.5. The fraction of sp³-hybridized carbons (Fsp3) is 1.00. The average Bonchev–Trinajstić information content (AvgIpc) is 3.29. The van der Waals surface area contributed by atoms with Gasteiger partial charge in [-0.25, -0.2) is 0 Å². The zero-order chi connectivity index (χ0) is 16.4. The van der Waals surface area contributed by atoms with E-state index in [0.717, 1.165) is 29.6 Å². The van der Waals surface area contributed by atoms with Gasteiger partial charge in [0.2, 0.25) is 0 Å². The normalized spacial score (nSPS) is 19.4. The van der Waals surface area contributed by atoms with Crippen molar-refractivity contribution in [1.82, 2.24) is 0 Å². The Morgan fingerprint density at radius 2 is 1.50 bits per heavy atom. The maximum atomic E-state index is 2.55. The summed E-state index contributed by atoms with van der Waals surface area (Å²) >= 11 is 0. The van der Waals surface area contributed by atoms with E-state index < -0.39 is 0 Å². The molecule has 1 rings (SSSR count). The van der Waals surface area contributed by atoms with E-state index in [1.807, 2.05) is 0 Å². The maximum Gasteiger partial charge on any atom is -0.0363 e. The van der Waals surface area contributed by atoms with Gasteiger partial charge in [-0.1, -0.05) is 98.8 Å². The van der Waals surface area contributed by atoms with Crippen molar-refractivity contribution < 1.29 is 0 Å². The van der Waals surface area contributed by atoms with Crippen LogP contribution in [0.2, 0.25) is 0 Å². The van der Waals surface area contributed by atoms with Crippen LogP contribution in [0.5, 0.6) is 0 Å². The smallest absolute Gasteiger partial charge is 0.0363 e. The lowest BCUT2D eigenvalue weighted by Crippen LogP contribution is -2.22. The predicted octanol–water partition coefficient (Wildman–Crippen LogP) is 7.86. The Labute approximate surface area is 141 Å². The first-order valence-electron chi connectivity index (χ1n) is 10.6. The molecule has 0 saturated heterocycles. The highest BCUT2D eigenvalue weighted by Gasteiger charge is 2.29. The van der Waals surface area contributed by atoms with E-state index in [1.165, 1.54) is 70.6 Å². The van der Waals surface area contributed by atoms with Crippen LogP contribution in [0.15, 0.2) is 0 Å². The van der Waals surface area contributed by atoms with Crippen molar-refractivity contribution in [3.8, 4) is 0 Å². The molecule has 0 aliphatic heterocycles. The van der Waals surface area contributed by atoms with Gasteiger partial charge in [0.15, 0.2) is 0 Å². The first-order chi connectivity index (χ1) is 10.6. The lowest BCUT2D eigenvalue weighted by atomic mass is 9.74. The van der Waals surface area contributed by atoms with Crippen LogP contribution in [0.3, 0.4) is 0 Å². The Kier molecular flexibility index (Phi) is 10.5. The molecule has 0 heteroatoms. The van der Waals surface area contributed by atoms with Crippen molar-refractivity contribution in [2.24, 2.45) is 29.6 Å². The van der Waals surface area contributed by atoms with E-state index in [0.29, 0.717) is 0 Å². The summed E-state index contributed by atoms with van der Waals surface area (Å²) in [6.07, 6.45) is 17.6. The minimum absolute atomic E-state index is 0.865. The molecule has 0 spiro atoms. The fourth-order valence-corrected chi connectivity index (χ4v) is 4.30. The first-order valence-corrected chi connectivity index (χ1v) is 10.6. The van der Waals surface area contributed by atoms with Gasteiger partial charge in [-0.15, -0.1) is 0 Å². The second-order valence-corrected chi connectivity index (χ2v) is 8.66. The number of hydrogen-bond acceptors (Lipinski definition) is 0. The third-order valence-electron chi connectivity index (χ3n) is 6.04. The lowest BCUT2D eigenvalue weighted by molar-refractivity contribution is 0.189. The highest BCUT2D eigenvalue weighted by molar-refractivity contribution is 4.80. The van der Waals surface area contributed by atoms with Crippen molar-refractivity contribution >= 4 is 0 Å². The third-order valence-corrected chi connectivity index (χ3v) is 6.04. The molecule has 3 unspecified atom stereocenters. The molecule has 0 radical (unpaired) electrons. The molecule has 0 nitrogen and oxygen atoms in total. The predicted molar refractivity (Wildman–Crippen MR) is 101 cm³/mol. The van der Waals surface area contributed by atoms with Gasteiger partial charge in [0, 0.05) is 0 Å².